The van der Waals surface area contributed by atoms with Gasteiger partial charge in [-0.3, -0.25) is 0 Å². The van der Waals surface area contributed by atoms with Gasteiger partial charge in [-0.15, -0.1) is 0 Å². The van der Waals surface area contributed by atoms with Crippen molar-refractivity contribution in [2.24, 2.45) is 0 Å². The third kappa shape index (κ3) is 3.24. The van der Waals surface area contributed by atoms with Crippen LogP contribution >= 0.6 is 0 Å². The number of nitrogens with one attached hydrogen (secondary N) is 1. The van der Waals surface area contributed by atoms with Gasteiger partial charge in [-0.1, -0.05) is 6.07 Å². The lowest BCUT2D eigenvalue weighted by Crippen LogP contribution is -2.44. The molecular formula is C15H24N2O. The third-order valence-electron chi connectivity index (χ3n) is 3.83. The number of ether oxygens (including phenoxy) is 1. The first kappa shape index (κ1) is 13.4. The number of rotatable bonds is 4. The van der Waals surface area contributed by atoms with Gasteiger partial charge in [0.2, 0.25) is 0 Å². The smallest absolute Gasteiger partial charge is 0.122 e. The van der Waals surface area contributed by atoms with Crippen LogP contribution in [0.3, 0.4) is 0 Å². The van der Waals surface area contributed by atoms with Crippen LogP contribution in [0.2, 0.25) is 0 Å². The molecule has 3 heteroatoms. The summed E-state index contributed by atoms with van der Waals surface area (Å²) in [7, 11) is 1.75. The van der Waals surface area contributed by atoms with E-state index in [1.54, 1.807) is 7.11 Å². The van der Waals surface area contributed by atoms with Gasteiger partial charge in [0.1, 0.15) is 5.75 Å². The minimum absolute atomic E-state index is 1.02. The third-order valence-corrected chi connectivity index (χ3v) is 3.83. The Kier molecular flexibility index (Phi) is 4.61. The summed E-state index contributed by atoms with van der Waals surface area (Å²) >= 11 is 0. The zero-order valence-corrected chi connectivity index (χ0v) is 11.8. The molecule has 1 aromatic carbocycles. The van der Waals surface area contributed by atoms with Gasteiger partial charge < -0.3 is 15.0 Å². The molecule has 0 radical (unpaired) electrons. The molecule has 1 aromatic rings. The Morgan fingerprint density at radius 2 is 1.94 bits per heavy atom. The minimum Gasteiger partial charge on any atom is -0.496 e. The molecule has 1 saturated heterocycles. The van der Waals surface area contributed by atoms with E-state index in [-0.39, 0.29) is 0 Å². The molecule has 1 aliphatic heterocycles. The Labute approximate surface area is 110 Å². The molecule has 0 amide bonds. The van der Waals surface area contributed by atoms with Crippen LogP contribution in [0.1, 0.15) is 16.7 Å². The summed E-state index contributed by atoms with van der Waals surface area (Å²) in [5.41, 5.74) is 3.96. The number of nitrogens with zero attached hydrogens (tertiary/aromatic N) is 1. The van der Waals surface area contributed by atoms with E-state index < -0.39 is 0 Å². The van der Waals surface area contributed by atoms with E-state index in [0.717, 1.165) is 31.8 Å². The first-order valence-electron chi connectivity index (χ1n) is 6.78. The van der Waals surface area contributed by atoms with Gasteiger partial charge in [-0.25, -0.2) is 0 Å². The molecule has 1 heterocycles. The molecule has 0 bridgehead atoms. The topological polar surface area (TPSA) is 24.5 Å². The molecule has 18 heavy (non-hydrogen) atoms. The zero-order valence-electron chi connectivity index (χ0n) is 11.8. The Morgan fingerprint density at radius 3 is 2.61 bits per heavy atom. The maximum Gasteiger partial charge on any atom is 0.122 e. The molecule has 1 aliphatic rings. The monoisotopic (exact) mass is 248 g/mol. The molecule has 0 saturated carbocycles. The van der Waals surface area contributed by atoms with Crippen molar-refractivity contribution in [2.45, 2.75) is 20.3 Å². The van der Waals surface area contributed by atoms with Crippen molar-refractivity contribution < 1.29 is 4.74 Å². The molecule has 0 atom stereocenters. The molecular weight excluding hydrogens is 224 g/mol. The van der Waals surface area contributed by atoms with Crippen molar-refractivity contribution in [1.82, 2.24) is 10.2 Å². The summed E-state index contributed by atoms with van der Waals surface area (Å²) in [6.45, 7) is 10.0. The second kappa shape index (κ2) is 6.21. The summed E-state index contributed by atoms with van der Waals surface area (Å²) in [5.74, 6) is 1.02. The number of aryl methyl sites for hydroxylation is 1. The van der Waals surface area contributed by atoms with Crippen molar-refractivity contribution in [3.05, 3.63) is 28.8 Å². The molecule has 3 nitrogen and oxygen atoms in total. The molecule has 2 rings (SSSR count). The SMILES string of the molecule is COc1cc(CCN2CCNCC2)cc(C)c1C. The summed E-state index contributed by atoms with van der Waals surface area (Å²) in [6.07, 6.45) is 1.11. The highest BCUT2D eigenvalue weighted by atomic mass is 16.5. The fourth-order valence-electron chi connectivity index (χ4n) is 2.48. The van der Waals surface area contributed by atoms with Crippen LogP contribution < -0.4 is 10.1 Å². The minimum atomic E-state index is 1.02. The second-order valence-corrected chi connectivity index (χ2v) is 5.08. The zero-order chi connectivity index (χ0) is 13.0. The lowest BCUT2D eigenvalue weighted by molar-refractivity contribution is 0.244. The molecule has 100 valence electrons. The average Bonchev–Trinajstić information content (AvgIpc) is 2.41. The van der Waals surface area contributed by atoms with Gasteiger partial charge >= 0.3 is 0 Å². The molecule has 0 aliphatic carbocycles. The highest BCUT2D eigenvalue weighted by molar-refractivity contribution is 5.42. The maximum atomic E-state index is 5.43. The Bertz CT molecular complexity index is 398. The fraction of sp³-hybridized carbons (Fsp3) is 0.600. The van der Waals surface area contributed by atoms with Gasteiger partial charge in [0.25, 0.3) is 0 Å². The van der Waals surface area contributed by atoms with Gasteiger partial charge in [0.15, 0.2) is 0 Å². The maximum absolute atomic E-state index is 5.43. The largest absolute Gasteiger partial charge is 0.496 e. The van der Waals surface area contributed by atoms with Gasteiger partial charge in [0.05, 0.1) is 7.11 Å². The summed E-state index contributed by atoms with van der Waals surface area (Å²) in [6, 6.07) is 4.48. The Hall–Kier alpha value is -1.06. The number of hydrogen-bond donors (Lipinski definition) is 1. The Morgan fingerprint density at radius 1 is 1.22 bits per heavy atom. The molecule has 0 aromatic heterocycles. The highest BCUT2D eigenvalue weighted by Crippen LogP contribution is 2.23. The van der Waals surface area contributed by atoms with Crippen LogP contribution in [-0.2, 0) is 6.42 Å². The first-order valence-corrected chi connectivity index (χ1v) is 6.78. The van der Waals surface area contributed by atoms with Crippen LogP contribution in [-0.4, -0.2) is 44.7 Å². The molecule has 0 unspecified atom stereocenters. The van der Waals surface area contributed by atoms with E-state index in [0.29, 0.717) is 0 Å². The summed E-state index contributed by atoms with van der Waals surface area (Å²) < 4.78 is 5.43. The normalized spacial score (nSPS) is 16.8. The highest BCUT2D eigenvalue weighted by Gasteiger charge is 2.10. The summed E-state index contributed by atoms with van der Waals surface area (Å²) in [4.78, 5) is 2.53. The first-order chi connectivity index (χ1) is 8.70. The predicted octanol–water partition coefficient (Wildman–Crippen LogP) is 1.76. The number of piperazine rings is 1. The van der Waals surface area contributed by atoms with Gasteiger partial charge in [-0.2, -0.15) is 0 Å². The van der Waals surface area contributed by atoms with E-state index in [1.807, 2.05) is 0 Å². The van der Waals surface area contributed by atoms with E-state index in [4.69, 9.17) is 4.74 Å². The van der Waals surface area contributed by atoms with Gasteiger partial charge in [-0.05, 0) is 43.0 Å². The lowest BCUT2D eigenvalue weighted by atomic mass is 10.0. The van der Waals surface area contributed by atoms with Crippen LogP contribution in [0.4, 0.5) is 0 Å². The van der Waals surface area contributed by atoms with Crippen LogP contribution in [0, 0.1) is 13.8 Å². The van der Waals surface area contributed by atoms with Crippen molar-refractivity contribution in [3.8, 4) is 5.75 Å². The van der Waals surface area contributed by atoms with Crippen molar-refractivity contribution in [1.29, 1.82) is 0 Å². The van der Waals surface area contributed by atoms with E-state index in [2.05, 4.69) is 36.2 Å². The Balaban J connectivity index is 1.98. The molecule has 1 fully saturated rings. The fourth-order valence-corrected chi connectivity index (χ4v) is 2.48. The second-order valence-electron chi connectivity index (χ2n) is 5.08. The van der Waals surface area contributed by atoms with Crippen molar-refractivity contribution >= 4 is 0 Å². The lowest BCUT2D eigenvalue weighted by Gasteiger charge is -2.27. The average molecular weight is 248 g/mol. The summed E-state index contributed by atoms with van der Waals surface area (Å²) in [5, 5.41) is 3.39. The molecule has 1 N–H and O–H groups in total. The molecule has 0 spiro atoms. The van der Waals surface area contributed by atoms with Gasteiger partial charge in [0, 0.05) is 32.7 Å². The number of hydrogen-bond acceptors (Lipinski definition) is 3. The quantitative estimate of drug-likeness (QED) is 0.879. The number of methoxy groups -OCH3 is 1. The van der Waals surface area contributed by atoms with Crippen molar-refractivity contribution in [2.75, 3.05) is 39.8 Å². The van der Waals surface area contributed by atoms with E-state index >= 15 is 0 Å². The number of benzene rings is 1. The van der Waals surface area contributed by atoms with Crippen LogP contribution in [0.25, 0.3) is 0 Å². The predicted molar refractivity (Wildman–Crippen MR) is 75.5 cm³/mol. The van der Waals surface area contributed by atoms with Crippen molar-refractivity contribution in [3.63, 3.8) is 0 Å². The van der Waals surface area contributed by atoms with E-state index in [9.17, 15) is 0 Å². The standard InChI is InChI=1S/C15H24N2O/c1-12-10-14(11-15(18-3)13(12)2)4-7-17-8-5-16-6-9-17/h10-11,16H,4-9H2,1-3H3. The van der Waals surface area contributed by atoms with Crippen LogP contribution in [0.15, 0.2) is 12.1 Å². The van der Waals surface area contributed by atoms with E-state index in [1.165, 1.54) is 29.8 Å². The van der Waals surface area contributed by atoms with Crippen LogP contribution in [0.5, 0.6) is 5.75 Å².